The SMILES string of the molecule is Cc1[nH]nc2cc(OB(O)O)ccc12. The van der Waals surface area contributed by atoms with E-state index in [1.165, 1.54) is 0 Å². The van der Waals surface area contributed by atoms with Crippen LogP contribution in [0.25, 0.3) is 10.9 Å². The molecule has 0 atom stereocenters. The highest BCUT2D eigenvalue weighted by Crippen LogP contribution is 2.21. The van der Waals surface area contributed by atoms with Gasteiger partial charge in [-0.1, -0.05) is 0 Å². The lowest BCUT2D eigenvalue weighted by Gasteiger charge is -2.03. The van der Waals surface area contributed by atoms with E-state index in [0.29, 0.717) is 5.75 Å². The van der Waals surface area contributed by atoms with E-state index in [-0.39, 0.29) is 0 Å². The Morgan fingerprint density at radius 3 is 2.93 bits per heavy atom. The fourth-order valence-corrected chi connectivity index (χ4v) is 1.32. The molecule has 0 spiro atoms. The molecular weight excluding hydrogens is 183 g/mol. The van der Waals surface area contributed by atoms with Crippen molar-refractivity contribution in [3.8, 4) is 5.75 Å². The van der Waals surface area contributed by atoms with E-state index in [1.54, 1.807) is 12.1 Å². The first kappa shape index (κ1) is 9.05. The van der Waals surface area contributed by atoms with Gasteiger partial charge < -0.3 is 14.7 Å². The van der Waals surface area contributed by atoms with Gasteiger partial charge in [-0.05, 0) is 19.1 Å². The van der Waals surface area contributed by atoms with Crippen molar-refractivity contribution < 1.29 is 14.7 Å². The third kappa shape index (κ3) is 1.57. The van der Waals surface area contributed by atoms with Gasteiger partial charge in [0.2, 0.25) is 0 Å². The van der Waals surface area contributed by atoms with Crippen molar-refractivity contribution in [1.29, 1.82) is 0 Å². The molecule has 2 aromatic rings. The second kappa shape index (κ2) is 3.32. The van der Waals surface area contributed by atoms with Crippen LogP contribution in [0, 0.1) is 6.92 Å². The van der Waals surface area contributed by atoms with Crippen LogP contribution in [0.2, 0.25) is 0 Å². The Labute approximate surface area is 80.5 Å². The van der Waals surface area contributed by atoms with Crippen molar-refractivity contribution in [3.05, 3.63) is 23.9 Å². The quantitative estimate of drug-likeness (QED) is 0.594. The number of nitrogens with one attached hydrogen (secondary N) is 1. The molecule has 0 aliphatic carbocycles. The predicted molar refractivity (Wildman–Crippen MR) is 51.7 cm³/mol. The molecule has 5 nitrogen and oxygen atoms in total. The molecule has 14 heavy (non-hydrogen) atoms. The van der Waals surface area contributed by atoms with E-state index >= 15 is 0 Å². The Bertz CT molecular complexity index is 455. The summed E-state index contributed by atoms with van der Waals surface area (Å²) < 4.78 is 4.69. The van der Waals surface area contributed by atoms with Crippen LogP contribution in [0.5, 0.6) is 5.75 Å². The lowest BCUT2D eigenvalue weighted by atomic mass is 10.2. The normalized spacial score (nSPS) is 10.5. The smallest absolute Gasteiger partial charge is 0.512 e. The van der Waals surface area contributed by atoms with Gasteiger partial charge in [0.05, 0.1) is 5.52 Å². The number of nitrogens with zero attached hydrogens (tertiary/aromatic N) is 1. The molecule has 0 bridgehead atoms. The van der Waals surface area contributed by atoms with Crippen LogP contribution in [0.4, 0.5) is 0 Å². The van der Waals surface area contributed by atoms with Crippen LogP contribution in [-0.2, 0) is 0 Å². The standard InChI is InChI=1S/C8H9BN2O3/c1-5-7-3-2-6(14-9(12)13)4-8(7)11-10-5/h2-4,12-13H,1H3,(H,10,11). The zero-order chi connectivity index (χ0) is 10.1. The lowest BCUT2D eigenvalue weighted by molar-refractivity contribution is 0.288. The molecule has 0 saturated carbocycles. The first-order valence-corrected chi connectivity index (χ1v) is 4.14. The van der Waals surface area contributed by atoms with E-state index < -0.39 is 7.32 Å². The largest absolute Gasteiger partial charge is 0.707 e. The molecule has 6 heteroatoms. The minimum Gasteiger partial charge on any atom is -0.512 e. The molecule has 2 rings (SSSR count). The number of rotatable bonds is 2. The van der Waals surface area contributed by atoms with Crippen LogP contribution >= 0.6 is 0 Å². The highest BCUT2D eigenvalue weighted by molar-refractivity contribution is 6.33. The highest BCUT2D eigenvalue weighted by atomic mass is 16.6. The van der Waals surface area contributed by atoms with Crippen molar-refractivity contribution >= 4 is 18.2 Å². The summed E-state index contributed by atoms with van der Waals surface area (Å²) in [4.78, 5) is 0. The number of hydrogen-bond acceptors (Lipinski definition) is 4. The zero-order valence-corrected chi connectivity index (χ0v) is 7.56. The molecule has 1 aromatic carbocycles. The molecule has 0 saturated heterocycles. The number of H-pyrrole nitrogens is 1. The molecule has 3 N–H and O–H groups in total. The number of fused-ring (bicyclic) bond motifs is 1. The van der Waals surface area contributed by atoms with Gasteiger partial charge >= 0.3 is 7.32 Å². The molecule has 0 unspecified atom stereocenters. The minimum absolute atomic E-state index is 0.374. The van der Waals surface area contributed by atoms with Crippen LogP contribution in [0.3, 0.4) is 0 Å². The minimum atomic E-state index is -1.80. The molecule has 0 aliphatic rings. The van der Waals surface area contributed by atoms with E-state index in [0.717, 1.165) is 16.6 Å². The number of hydrogen-bond donors (Lipinski definition) is 3. The average molecular weight is 192 g/mol. The summed E-state index contributed by atoms with van der Waals surface area (Å²) in [6.45, 7) is 1.91. The monoisotopic (exact) mass is 192 g/mol. The Hall–Kier alpha value is -1.53. The number of aromatic nitrogens is 2. The van der Waals surface area contributed by atoms with E-state index in [4.69, 9.17) is 10.0 Å². The third-order valence-corrected chi connectivity index (χ3v) is 1.96. The second-order valence-electron chi connectivity index (χ2n) is 2.97. The molecule has 1 aromatic heterocycles. The maximum atomic E-state index is 8.59. The summed E-state index contributed by atoms with van der Waals surface area (Å²) in [5.74, 6) is 0.374. The summed E-state index contributed by atoms with van der Waals surface area (Å²) in [6.07, 6.45) is 0. The molecule has 0 fully saturated rings. The zero-order valence-electron chi connectivity index (χ0n) is 7.56. The Morgan fingerprint density at radius 2 is 2.21 bits per heavy atom. The van der Waals surface area contributed by atoms with Gasteiger partial charge in [0.15, 0.2) is 0 Å². The van der Waals surface area contributed by atoms with Gasteiger partial charge in [0.1, 0.15) is 5.75 Å². The number of benzene rings is 1. The lowest BCUT2D eigenvalue weighted by Crippen LogP contribution is -2.20. The summed E-state index contributed by atoms with van der Waals surface area (Å²) >= 11 is 0. The fraction of sp³-hybridized carbons (Fsp3) is 0.125. The van der Waals surface area contributed by atoms with Gasteiger partial charge in [-0.15, -0.1) is 0 Å². The fourth-order valence-electron chi connectivity index (χ4n) is 1.32. The van der Waals surface area contributed by atoms with Crippen LogP contribution < -0.4 is 4.65 Å². The highest BCUT2D eigenvalue weighted by Gasteiger charge is 2.12. The Kier molecular flexibility index (Phi) is 2.15. The van der Waals surface area contributed by atoms with Crippen LogP contribution in [0.1, 0.15) is 5.69 Å². The van der Waals surface area contributed by atoms with Gasteiger partial charge in [-0.25, -0.2) is 0 Å². The number of aryl methyl sites for hydroxylation is 1. The topological polar surface area (TPSA) is 78.4 Å². The summed E-state index contributed by atoms with van der Waals surface area (Å²) in [5.41, 5.74) is 1.71. The molecule has 1 heterocycles. The van der Waals surface area contributed by atoms with Crippen molar-refractivity contribution in [3.63, 3.8) is 0 Å². The van der Waals surface area contributed by atoms with E-state index in [1.807, 2.05) is 13.0 Å². The second-order valence-corrected chi connectivity index (χ2v) is 2.97. The summed E-state index contributed by atoms with van der Waals surface area (Å²) in [7, 11) is -1.80. The summed E-state index contributed by atoms with van der Waals surface area (Å²) in [6, 6.07) is 5.11. The third-order valence-electron chi connectivity index (χ3n) is 1.96. The first-order valence-electron chi connectivity index (χ1n) is 4.14. The van der Waals surface area contributed by atoms with Gasteiger partial charge in [0.25, 0.3) is 0 Å². The van der Waals surface area contributed by atoms with Crippen molar-refractivity contribution in [2.24, 2.45) is 0 Å². The number of aromatic amines is 1. The molecular formula is C8H9BN2O3. The first-order chi connectivity index (χ1) is 6.66. The van der Waals surface area contributed by atoms with Crippen LogP contribution in [-0.4, -0.2) is 27.6 Å². The summed E-state index contributed by atoms with van der Waals surface area (Å²) in [5, 5.41) is 25.0. The molecule has 0 radical (unpaired) electrons. The average Bonchev–Trinajstić information content (AvgIpc) is 2.46. The van der Waals surface area contributed by atoms with E-state index in [9.17, 15) is 0 Å². The van der Waals surface area contributed by atoms with Crippen molar-refractivity contribution in [1.82, 2.24) is 10.2 Å². The van der Waals surface area contributed by atoms with Gasteiger partial charge in [-0.2, -0.15) is 5.10 Å². The predicted octanol–water partition coefficient (Wildman–Crippen LogP) is 0.220. The van der Waals surface area contributed by atoms with Crippen LogP contribution in [0.15, 0.2) is 18.2 Å². The van der Waals surface area contributed by atoms with Crippen molar-refractivity contribution in [2.45, 2.75) is 6.92 Å². The Morgan fingerprint density at radius 1 is 1.43 bits per heavy atom. The van der Waals surface area contributed by atoms with Crippen molar-refractivity contribution in [2.75, 3.05) is 0 Å². The van der Waals surface area contributed by atoms with Gasteiger partial charge in [0, 0.05) is 17.1 Å². The molecule has 0 amide bonds. The van der Waals surface area contributed by atoms with E-state index in [2.05, 4.69) is 14.9 Å². The molecule has 72 valence electrons. The Balaban J connectivity index is 2.42. The molecule has 0 aliphatic heterocycles. The maximum absolute atomic E-state index is 8.59. The van der Waals surface area contributed by atoms with Gasteiger partial charge in [-0.3, -0.25) is 5.10 Å². The maximum Gasteiger partial charge on any atom is 0.707 e.